The van der Waals surface area contributed by atoms with Crippen molar-refractivity contribution in [3.63, 3.8) is 0 Å². The molecule has 9 heavy (non-hydrogen) atoms. The minimum atomic E-state index is -1.18. The third-order valence-electron chi connectivity index (χ3n) is 0.990. The molecule has 2 N–H and O–H groups in total. The molecule has 0 bridgehead atoms. The van der Waals surface area contributed by atoms with E-state index < -0.39 is 12.0 Å². The van der Waals surface area contributed by atoms with Crippen molar-refractivity contribution in [1.82, 2.24) is 0 Å². The van der Waals surface area contributed by atoms with Crippen LogP contribution >= 0.6 is 0 Å². The maximum absolute atomic E-state index is 9.90. The van der Waals surface area contributed by atoms with Crippen LogP contribution in [0.1, 0.15) is 13.8 Å². The minimum absolute atomic E-state index is 0. The van der Waals surface area contributed by atoms with E-state index in [-0.39, 0.29) is 35.5 Å². The van der Waals surface area contributed by atoms with Crippen LogP contribution in [0.25, 0.3) is 0 Å². The molecule has 0 unspecified atom stereocenters. The van der Waals surface area contributed by atoms with Crippen LogP contribution in [0.5, 0.6) is 0 Å². The quantitative estimate of drug-likeness (QED) is 0.394. The van der Waals surface area contributed by atoms with Gasteiger partial charge < -0.3 is 15.6 Å². The van der Waals surface area contributed by atoms with Gasteiger partial charge in [0.2, 0.25) is 0 Å². The summed E-state index contributed by atoms with van der Waals surface area (Å²) in [6.07, 6.45) is 0. The van der Waals surface area contributed by atoms with E-state index in [1.807, 2.05) is 0 Å². The summed E-state index contributed by atoms with van der Waals surface area (Å²) in [6, 6.07) is -0.824. The van der Waals surface area contributed by atoms with Crippen LogP contribution in [0.4, 0.5) is 0 Å². The molecule has 1 atom stereocenters. The smallest absolute Gasteiger partial charge is 0.548 e. The van der Waals surface area contributed by atoms with Gasteiger partial charge in [-0.2, -0.15) is 0 Å². The van der Waals surface area contributed by atoms with E-state index in [2.05, 4.69) is 0 Å². The van der Waals surface area contributed by atoms with Crippen LogP contribution in [0.2, 0.25) is 0 Å². The Hall–Kier alpha value is 0.430. The second kappa shape index (κ2) is 5.23. The molecule has 4 heteroatoms. The fourth-order valence-electron chi connectivity index (χ4n) is 0.272. The molecule has 0 aliphatic heterocycles. The Morgan fingerprint density at radius 2 is 1.89 bits per heavy atom. The number of hydrogen-bond acceptors (Lipinski definition) is 3. The molecular formula is C5H10NNaO2. The van der Waals surface area contributed by atoms with Crippen LogP contribution in [0, 0.1) is 5.92 Å². The topological polar surface area (TPSA) is 66.2 Å². The van der Waals surface area contributed by atoms with Crippen LogP contribution < -0.4 is 40.4 Å². The molecule has 0 aromatic rings. The largest absolute Gasteiger partial charge is 1.00 e. The van der Waals surface area contributed by atoms with Crippen LogP contribution in [0.3, 0.4) is 0 Å². The summed E-state index contributed by atoms with van der Waals surface area (Å²) in [4.78, 5) is 9.90. The van der Waals surface area contributed by atoms with Crippen molar-refractivity contribution in [3.05, 3.63) is 0 Å². The van der Waals surface area contributed by atoms with Crippen molar-refractivity contribution in [1.29, 1.82) is 0 Å². The van der Waals surface area contributed by atoms with Crippen molar-refractivity contribution in [2.45, 2.75) is 19.9 Å². The molecule has 0 fully saturated rings. The molecule has 0 amide bonds. The first kappa shape index (κ1) is 12.1. The summed E-state index contributed by atoms with van der Waals surface area (Å²) in [5.41, 5.74) is 5.10. The van der Waals surface area contributed by atoms with E-state index in [4.69, 9.17) is 5.73 Å². The van der Waals surface area contributed by atoms with Gasteiger partial charge in [-0.3, -0.25) is 0 Å². The summed E-state index contributed by atoms with van der Waals surface area (Å²) >= 11 is 0. The van der Waals surface area contributed by atoms with Gasteiger partial charge in [0.25, 0.3) is 0 Å². The molecule has 0 aliphatic rings. The molecule has 0 radical (unpaired) electrons. The third-order valence-corrected chi connectivity index (χ3v) is 0.990. The molecule has 0 aromatic carbocycles. The van der Waals surface area contributed by atoms with Crippen molar-refractivity contribution in [3.8, 4) is 0 Å². The van der Waals surface area contributed by atoms with Crippen LogP contribution in [0.15, 0.2) is 0 Å². The zero-order chi connectivity index (χ0) is 6.73. The van der Waals surface area contributed by atoms with Gasteiger partial charge >= 0.3 is 29.6 Å². The van der Waals surface area contributed by atoms with E-state index in [9.17, 15) is 9.90 Å². The number of carboxylic acid groups (broad SMARTS) is 1. The average molecular weight is 139 g/mol. The van der Waals surface area contributed by atoms with E-state index in [0.717, 1.165) is 0 Å². The maximum atomic E-state index is 9.90. The third kappa shape index (κ3) is 4.90. The number of carbonyl (C=O) groups is 1. The fraction of sp³-hybridized carbons (Fsp3) is 0.800. The zero-order valence-corrected chi connectivity index (χ0v) is 8.05. The van der Waals surface area contributed by atoms with Gasteiger partial charge in [0, 0.05) is 6.04 Å². The van der Waals surface area contributed by atoms with E-state index >= 15 is 0 Å². The van der Waals surface area contributed by atoms with E-state index in [0.29, 0.717) is 0 Å². The number of aliphatic carboxylic acids is 1. The van der Waals surface area contributed by atoms with Gasteiger partial charge in [0.1, 0.15) is 0 Å². The van der Waals surface area contributed by atoms with Crippen molar-refractivity contribution in [2.24, 2.45) is 11.7 Å². The molecular weight excluding hydrogens is 129 g/mol. The molecule has 0 aromatic heterocycles. The van der Waals surface area contributed by atoms with Gasteiger partial charge in [-0.05, 0) is 5.92 Å². The van der Waals surface area contributed by atoms with E-state index in [1.54, 1.807) is 13.8 Å². The van der Waals surface area contributed by atoms with Gasteiger partial charge in [-0.25, -0.2) is 0 Å². The SMILES string of the molecule is CC(C)[C@H](N)C(=O)[O-].[Na+]. The predicted octanol–water partition coefficient (Wildman–Crippen LogP) is -4.28. The summed E-state index contributed by atoms with van der Waals surface area (Å²) in [6.45, 7) is 3.47. The second-order valence-corrected chi connectivity index (χ2v) is 2.09. The Bertz CT molecular complexity index is 95.0. The fourth-order valence-corrected chi connectivity index (χ4v) is 0.272. The number of carbonyl (C=O) groups excluding carboxylic acids is 1. The maximum Gasteiger partial charge on any atom is 1.00 e. The summed E-state index contributed by atoms with van der Waals surface area (Å²) in [7, 11) is 0. The Labute approximate surface area is 76.9 Å². The molecule has 0 heterocycles. The molecule has 0 rings (SSSR count). The first-order valence-electron chi connectivity index (χ1n) is 2.52. The van der Waals surface area contributed by atoms with Crippen molar-refractivity contribution < 1.29 is 39.5 Å². The van der Waals surface area contributed by atoms with Crippen molar-refractivity contribution in [2.75, 3.05) is 0 Å². The Kier molecular flexibility index (Phi) is 7.06. The zero-order valence-electron chi connectivity index (χ0n) is 6.05. The van der Waals surface area contributed by atoms with Gasteiger partial charge in [-0.1, -0.05) is 13.8 Å². The predicted molar refractivity (Wildman–Crippen MR) is 27.8 cm³/mol. The molecule has 0 aliphatic carbocycles. The second-order valence-electron chi connectivity index (χ2n) is 2.09. The first-order valence-corrected chi connectivity index (χ1v) is 2.52. The number of carboxylic acids is 1. The van der Waals surface area contributed by atoms with Gasteiger partial charge in [-0.15, -0.1) is 0 Å². The Morgan fingerprint density at radius 1 is 1.56 bits per heavy atom. The summed E-state index contributed by atoms with van der Waals surface area (Å²) < 4.78 is 0. The van der Waals surface area contributed by atoms with Crippen LogP contribution in [-0.2, 0) is 4.79 Å². The molecule has 0 saturated carbocycles. The normalized spacial score (nSPS) is 12.4. The molecule has 0 spiro atoms. The van der Waals surface area contributed by atoms with Gasteiger partial charge in [0.05, 0.1) is 5.97 Å². The average Bonchev–Trinajstić information content (AvgIpc) is 1.64. The van der Waals surface area contributed by atoms with Gasteiger partial charge in [0.15, 0.2) is 0 Å². The number of rotatable bonds is 2. The van der Waals surface area contributed by atoms with Crippen LogP contribution in [-0.4, -0.2) is 12.0 Å². The Balaban J connectivity index is 0. The first-order chi connectivity index (χ1) is 3.55. The molecule has 3 nitrogen and oxygen atoms in total. The summed E-state index contributed by atoms with van der Waals surface area (Å²) in [5, 5.41) is 9.90. The van der Waals surface area contributed by atoms with Crippen molar-refractivity contribution >= 4 is 5.97 Å². The minimum Gasteiger partial charge on any atom is -0.548 e. The molecule has 0 saturated heterocycles. The monoisotopic (exact) mass is 139 g/mol. The standard InChI is InChI=1S/C5H11NO2.Na/c1-3(2)4(6)5(7)8;/h3-4H,6H2,1-2H3,(H,7,8);/q;+1/p-1/t4-;/m0./s1. The Morgan fingerprint density at radius 3 is 1.89 bits per heavy atom. The number of hydrogen-bond donors (Lipinski definition) is 1. The molecule has 48 valence electrons. The van der Waals surface area contributed by atoms with E-state index in [1.165, 1.54) is 0 Å². The summed E-state index contributed by atoms with van der Waals surface area (Å²) in [5.74, 6) is -1.22. The number of nitrogens with two attached hydrogens (primary N) is 1.